The zero-order valence-electron chi connectivity index (χ0n) is 13.1. The molecule has 0 aliphatic carbocycles. The van der Waals surface area contributed by atoms with Crippen LogP contribution in [0.3, 0.4) is 0 Å². The van der Waals surface area contributed by atoms with Gasteiger partial charge in [-0.05, 0) is 10.4 Å². The van der Waals surface area contributed by atoms with E-state index >= 15 is 0 Å². The number of aromatic amines is 1. The number of H-pyrrole nitrogens is 1. The molecule has 1 aromatic heterocycles. The predicted molar refractivity (Wildman–Crippen MR) is 98.2 cm³/mol. The Balaban J connectivity index is 0.000000290. The van der Waals surface area contributed by atoms with Crippen LogP contribution in [0.5, 0.6) is 0 Å². The van der Waals surface area contributed by atoms with E-state index in [0.717, 1.165) is 0 Å². The number of hydrogen-bond donors (Lipinski definition) is 1. The van der Waals surface area contributed by atoms with Gasteiger partial charge in [0.2, 0.25) is 0 Å². The molecule has 24 heavy (non-hydrogen) atoms. The maximum Gasteiger partial charge on any atom is 0.135 e. The van der Waals surface area contributed by atoms with Gasteiger partial charge in [0.1, 0.15) is 6.33 Å². The molecule has 4 nitrogen and oxygen atoms in total. The SMILES string of the molecule is c1cc[c]([Sn]([c]2ccccc2)[c]2ccccc2)cc1.c1nnn[nH]1. The summed E-state index contributed by atoms with van der Waals surface area (Å²) in [6, 6.07) is 32.9. The quantitative estimate of drug-likeness (QED) is 0.511. The summed E-state index contributed by atoms with van der Waals surface area (Å²) < 4.78 is 4.59. The average Bonchev–Trinajstić information content (AvgIpc) is 3.25. The second-order valence-corrected chi connectivity index (χ2v) is 12.1. The van der Waals surface area contributed by atoms with E-state index in [1.807, 2.05) is 0 Å². The molecule has 0 bridgehead atoms. The first-order valence-electron chi connectivity index (χ1n) is 7.65. The zero-order valence-corrected chi connectivity index (χ0v) is 15.9. The molecule has 4 aromatic rings. The minimum Gasteiger partial charge on any atom is -0.246 e. The Morgan fingerprint density at radius 3 is 1.25 bits per heavy atom. The second-order valence-electron chi connectivity index (χ2n) is 5.04. The number of aromatic nitrogens is 4. The number of nitrogens with zero attached hydrogens (tertiary/aromatic N) is 3. The third-order valence-electron chi connectivity index (χ3n) is 3.46. The van der Waals surface area contributed by atoms with Gasteiger partial charge in [0.05, 0.1) is 0 Å². The minimum atomic E-state index is -1.98. The van der Waals surface area contributed by atoms with Gasteiger partial charge in [0.25, 0.3) is 0 Å². The molecule has 5 heteroatoms. The van der Waals surface area contributed by atoms with Crippen LogP contribution < -0.4 is 10.7 Å². The van der Waals surface area contributed by atoms with Crippen LogP contribution in [0.25, 0.3) is 0 Å². The Hall–Kier alpha value is -2.47. The van der Waals surface area contributed by atoms with Crippen LogP contribution in [0, 0.1) is 0 Å². The van der Waals surface area contributed by atoms with Crippen molar-refractivity contribution in [1.82, 2.24) is 20.6 Å². The van der Waals surface area contributed by atoms with Crippen molar-refractivity contribution >= 4 is 30.5 Å². The van der Waals surface area contributed by atoms with E-state index < -0.39 is 19.8 Å². The van der Waals surface area contributed by atoms with Gasteiger partial charge in [-0.25, -0.2) is 5.10 Å². The van der Waals surface area contributed by atoms with E-state index in [1.165, 1.54) is 17.1 Å². The summed E-state index contributed by atoms with van der Waals surface area (Å²) >= 11 is -1.98. The summed E-state index contributed by atoms with van der Waals surface area (Å²) in [5, 5.41) is 12.1. The molecular formula is C19H17N4Sn. The molecule has 0 fully saturated rings. The molecule has 0 atom stereocenters. The van der Waals surface area contributed by atoms with Crippen LogP contribution in [-0.4, -0.2) is 40.4 Å². The summed E-state index contributed by atoms with van der Waals surface area (Å²) in [4.78, 5) is 0. The fourth-order valence-electron chi connectivity index (χ4n) is 2.44. The van der Waals surface area contributed by atoms with Gasteiger partial charge in [-0.15, -0.1) is 5.10 Å². The Labute approximate surface area is 148 Å². The molecule has 0 spiro atoms. The van der Waals surface area contributed by atoms with E-state index in [1.54, 1.807) is 0 Å². The van der Waals surface area contributed by atoms with Crippen molar-refractivity contribution in [3.05, 3.63) is 97.3 Å². The third-order valence-corrected chi connectivity index (χ3v) is 11.3. The van der Waals surface area contributed by atoms with Crippen molar-refractivity contribution in [3.8, 4) is 0 Å². The van der Waals surface area contributed by atoms with Gasteiger partial charge < -0.3 is 0 Å². The van der Waals surface area contributed by atoms with Crippen molar-refractivity contribution in [3.63, 3.8) is 0 Å². The maximum absolute atomic E-state index is 3.31. The van der Waals surface area contributed by atoms with Gasteiger partial charge in [0.15, 0.2) is 0 Å². The Morgan fingerprint density at radius 2 is 1.00 bits per heavy atom. The van der Waals surface area contributed by atoms with Crippen molar-refractivity contribution in [2.24, 2.45) is 0 Å². The van der Waals surface area contributed by atoms with Gasteiger partial charge >= 0.3 is 121 Å². The molecule has 1 radical (unpaired) electrons. The van der Waals surface area contributed by atoms with Crippen LogP contribution in [0.4, 0.5) is 0 Å². The number of benzene rings is 3. The average molecular weight is 420 g/mol. The molecule has 0 aliphatic rings. The molecule has 117 valence electrons. The van der Waals surface area contributed by atoms with Crippen molar-refractivity contribution < 1.29 is 0 Å². The molecule has 0 unspecified atom stereocenters. The van der Waals surface area contributed by atoms with E-state index in [0.29, 0.717) is 0 Å². The van der Waals surface area contributed by atoms with Crippen LogP contribution in [0.1, 0.15) is 0 Å². The molecular weight excluding hydrogens is 403 g/mol. The molecule has 0 saturated heterocycles. The number of rotatable bonds is 3. The first kappa shape index (κ1) is 16.4. The largest absolute Gasteiger partial charge is 0.246 e. The first-order chi connectivity index (χ1) is 11.9. The normalized spacial score (nSPS) is 10.0. The number of nitrogens with one attached hydrogen (secondary N) is 1. The molecule has 1 heterocycles. The van der Waals surface area contributed by atoms with E-state index in [4.69, 9.17) is 0 Å². The summed E-state index contributed by atoms with van der Waals surface area (Å²) in [6.07, 6.45) is 1.40. The fraction of sp³-hybridized carbons (Fsp3) is 0. The molecule has 4 rings (SSSR count). The molecule has 0 aliphatic heterocycles. The van der Waals surface area contributed by atoms with Gasteiger partial charge in [0, 0.05) is 0 Å². The summed E-state index contributed by atoms with van der Waals surface area (Å²) in [5.41, 5.74) is 0. The summed E-state index contributed by atoms with van der Waals surface area (Å²) in [6.45, 7) is 0. The van der Waals surface area contributed by atoms with Crippen LogP contribution in [-0.2, 0) is 0 Å². The van der Waals surface area contributed by atoms with Crippen LogP contribution >= 0.6 is 0 Å². The zero-order chi connectivity index (χ0) is 16.5. The van der Waals surface area contributed by atoms with E-state index in [2.05, 4.69) is 112 Å². The Morgan fingerprint density at radius 1 is 0.583 bits per heavy atom. The van der Waals surface area contributed by atoms with Crippen molar-refractivity contribution in [1.29, 1.82) is 0 Å². The third kappa shape index (κ3) is 4.52. The van der Waals surface area contributed by atoms with Gasteiger partial charge in [-0.3, -0.25) is 0 Å². The first-order valence-corrected chi connectivity index (χ1v) is 11.9. The topological polar surface area (TPSA) is 54.5 Å². The van der Waals surface area contributed by atoms with Gasteiger partial charge in [-0.1, -0.05) is 0 Å². The Bertz CT molecular complexity index is 695. The van der Waals surface area contributed by atoms with E-state index in [-0.39, 0.29) is 0 Å². The fourth-order valence-corrected chi connectivity index (χ4v) is 9.80. The predicted octanol–water partition coefficient (Wildman–Crippen LogP) is 1.40. The minimum absolute atomic E-state index is 1.40. The van der Waals surface area contributed by atoms with Crippen LogP contribution in [0.2, 0.25) is 0 Å². The molecule has 1 N–H and O–H groups in total. The standard InChI is InChI=1S/3C6H5.CH2N4.Sn/c3*1-2-4-6-5-3-1;1-2-4-5-3-1;/h3*1-5H;1H,(H,2,3,4,5);. The van der Waals surface area contributed by atoms with Crippen molar-refractivity contribution in [2.45, 2.75) is 0 Å². The monoisotopic (exact) mass is 421 g/mol. The second kappa shape index (κ2) is 8.98. The molecule has 0 saturated carbocycles. The molecule has 3 aromatic carbocycles. The Kier molecular flexibility index (Phi) is 6.13. The number of tetrazole rings is 1. The number of hydrogen-bond acceptors (Lipinski definition) is 3. The van der Waals surface area contributed by atoms with Crippen LogP contribution in [0.15, 0.2) is 97.3 Å². The van der Waals surface area contributed by atoms with Crippen molar-refractivity contribution in [2.75, 3.05) is 0 Å². The smallest absolute Gasteiger partial charge is 0.135 e. The maximum atomic E-state index is 3.31. The molecule has 0 amide bonds. The van der Waals surface area contributed by atoms with Gasteiger partial charge in [-0.2, -0.15) is 0 Å². The summed E-state index contributed by atoms with van der Waals surface area (Å²) in [5.74, 6) is 0. The summed E-state index contributed by atoms with van der Waals surface area (Å²) in [7, 11) is 0. The van der Waals surface area contributed by atoms with E-state index in [9.17, 15) is 0 Å².